The Morgan fingerprint density at radius 3 is 2.86 bits per heavy atom. The van der Waals surface area contributed by atoms with Crippen LogP contribution in [0.3, 0.4) is 0 Å². The van der Waals surface area contributed by atoms with Crippen LogP contribution in [0.1, 0.15) is 36.2 Å². The average Bonchev–Trinajstić information content (AvgIpc) is 3.04. The lowest BCUT2D eigenvalue weighted by Crippen LogP contribution is -2.20. The Hall–Kier alpha value is -1.83. The van der Waals surface area contributed by atoms with Crippen molar-refractivity contribution in [2.24, 2.45) is 0 Å². The number of nitrogens with one attached hydrogen (secondary N) is 1. The summed E-state index contributed by atoms with van der Waals surface area (Å²) in [6, 6.07) is 14.5. The standard InChI is InChI=1S/C17H20N2OS/c1-2-6-15(17-9-5-12-21-17)19-13-14-7-3-4-8-16(14)20-11-10-18/h3-5,7-9,12,15,19H,2,6,11,13H2,1H3. The first-order valence-corrected chi connectivity index (χ1v) is 8.07. The molecule has 0 saturated carbocycles. The summed E-state index contributed by atoms with van der Waals surface area (Å²) in [6.07, 6.45) is 2.25. The van der Waals surface area contributed by atoms with E-state index in [1.165, 1.54) is 4.88 Å². The predicted molar refractivity (Wildman–Crippen MR) is 86.4 cm³/mol. The first-order valence-electron chi connectivity index (χ1n) is 7.19. The molecule has 0 aliphatic rings. The maximum absolute atomic E-state index is 8.64. The maximum atomic E-state index is 8.64. The fourth-order valence-electron chi connectivity index (χ4n) is 2.26. The summed E-state index contributed by atoms with van der Waals surface area (Å²) < 4.78 is 5.47. The predicted octanol–water partition coefficient (Wildman–Crippen LogP) is 4.28. The third kappa shape index (κ3) is 4.59. The van der Waals surface area contributed by atoms with Crippen LogP contribution in [0, 0.1) is 11.3 Å². The number of benzene rings is 1. The number of nitriles is 1. The molecular weight excluding hydrogens is 280 g/mol. The van der Waals surface area contributed by atoms with Gasteiger partial charge in [0.15, 0.2) is 6.61 Å². The number of ether oxygens (including phenoxy) is 1. The molecule has 0 saturated heterocycles. The van der Waals surface area contributed by atoms with Crippen molar-refractivity contribution in [1.29, 1.82) is 5.26 Å². The van der Waals surface area contributed by atoms with E-state index in [2.05, 4.69) is 29.8 Å². The lowest BCUT2D eigenvalue weighted by Gasteiger charge is -2.18. The molecule has 1 atom stereocenters. The molecule has 1 aromatic carbocycles. The van der Waals surface area contributed by atoms with Gasteiger partial charge in [-0.25, -0.2) is 0 Å². The molecule has 1 heterocycles. The van der Waals surface area contributed by atoms with E-state index in [1.807, 2.05) is 30.3 Å². The van der Waals surface area contributed by atoms with E-state index in [-0.39, 0.29) is 6.61 Å². The lowest BCUT2D eigenvalue weighted by molar-refractivity contribution is 0.361. The van der Waals surface area contributed by atoms with E-state index in [0.29, 0.717) is 6.04 Å². The summed E-state index contributed by atoms with van der Waals surface area (Å²) in [6.45, 7) is 3.02. The Balaban J connectivity index is 2.02. The topological polar surface area (TPSA) is 45.0 Å². The molecule has 1 N–H and O–H groups in total. The Morgan fingerprint density at radius 2 is 2.14 bits per heavy atom. The minimum absolute atomic E-state index is 0.0837. The highest BCUT2D eigenvalue weighted by molar-refractivity contribution is 7.10. The third-order valence-electron chi connectivity index (χ3n) is 3.27. The minimum atomic E-state index is 0.0837. The summed E-state index contributed by atoms with van der Waals surface area (Å²) >= 11 is 1.79. The average molecular weight is 300 g/mol. The van der Waals surface area contributed by atoms with Crippen molar-refractivity contribution in [1.82, 2.24) is 5.32 Å². The second-order valence-corrected chi connectivity index (χ2v) is 5.77. The smallest absolute Gasteiger partial charge is 0.174 e. The van der Waals surface area contributed by atoms with Crippen LogP contribution in [0.2, 0.25) is 0 Å². The van der Waals surface area contributed by atoms with Crippen molar-refractivity contribution < 1.29 is 4.74 Å². The molecule has 21 heavy (non-hydrogen) atoms. The highest BCUT2D eigenvalue weighted by Gasteiger charge is 2.12. The molecule has 1 unspecified atom stereocenters. The van der Waals surface area contributed by atoms with E-state index >= 15 is 0 Å². The Kier molecular flexibility index (Phi) is 6.26. The van der Waals surface area contributed by atoms with Crippen molar-refractivity contribution in [3.05, 3.63) is 52.2 Å². The monoisotopic (exact) mass is 300 g/mol. The zero-order chi connectivity index (χ0) is 14.9. The van der Waals surface area contributed by atoms with Gasteiger partial charge >= 0.3 is 0 Å². The molecule has 0 aliphatic carbocycles. The molecule has 0 amide bonds. The Labute approximate surface area is 130 Å². The Morgan fingerprint density at radius 1 is 1.29 bits per heavy atom. The van der Waals surface area contributed by atoms with Gasteiger partial charge in [0, 0.05) is 23.0 Å². The molecule has 4 heteroatoms. The van der Waals surface area contributed by atoms with Crippen LogP contribution in [0.25, 0.3) is 0 Å². The molecule has 0 aliphatic heterocycles. The van der Waals surface area contributed by atoms with E-state index in [0.717, 1.165) is 30.7 Å². The molecular formula is C17H20N2OS. The van der Waals surface area contributed by atoms with Crippen LogP contribution in [-0.4, -0.2) is 6.61 Å². The van der Waals surface area contributed by atoms with E-state index in [4.69, 9.17) is 10.00 Å². The zero-order valence-corrected chi connectivity index (χ0v) is 13.0. The lowest BCUT2D eigenvalue weighted by atomic mass is 10.1. The third-order valence-corrected chi connectivity index (χ3v) is 4.25. The van der Waals surface area contributed by atoms with Crippen molar-refractivity contribution in [2.45, 2.75) is 32.4 Å². The fraction of sp³-hybridized carbons (Fsp3) is 0.353. The largest absolute Gasteiger partial charge is 0.478 e. The number of thiophene rings is 1. The molecule has 3 nitrogen and oxygen atoms in total. The molecule has 0 spiro atoms. The summed E-state index contributed by atoms with van der Waals surface area (Å²) in [4.78, 5) is 1.37. The van der Waals surface area contributed by atoms with Gasteiger partial charge in [-0.05, 0) is 23.9 Å². The van der Waals surface area contributed by atoms with Gasteiger partial charge in [0.2, 0.25) is 0 Å². The van der Waals surface area contributed by atoms with Crippen molar-refractivity contribution in [2.75, 3.05) is 6.61 Å². The molecule has 110 valence electrons. The number of nitrogens with zero attached hydrogens (tertiary/aromatic N) is 1. The van der Waals surface area contributed by atoms with Crippen LogP contribution in [-0.2, 0) is 6.54 Å². The Bertz CT molecular complexity index is 575. The SMILES string of the molecule is CCCC(NCc1ccccc1OCC#N)c1cccs1. The van der Waals surface area contributed by atoms with Gasteiger partial charge in [0.25, 0.3) is 0 Å². The van der Waals surface area contributed by atoms with E-state index in [1.54, 1.807) is 11.3 Å². The number of hydrogen-bond acceptors (Lipinski definition) is 4. The van der Waals surface area contributed by atoms with Crippen molar-refractivity contribution in [3.8, 4) is 11.8 Å². The number of hydrogen-bond donors (Lipinski definition) is 1. The molecule has 1 aromatic heterocycles. The van der Waals surface area contributed by atoms with Gasteiger partial charge in [-0.1, -0.05) is 37.6 Å². The van der Waals surface area contributed by atoms with E-state index in [9.17, 15) is 0 Å². The second-order valence-electron chi connectivity index (χ2n) is 4.79. The molecule has 2 aromatic rings. The van der Waals surface area contributed by atoms with Crippen LogP contribution >= 0.6 is 11.3 Å². The van der Waals surface area contributed by atoms with Gasteiger partial charge in [-0.3, -0.25) is 0 Å². The molecule has 2 rings (SSSR count). The van der Waals surface area contributed by atoms with Crippen LogP contribution in [0.4, 0.5) is 0 Å². The van der Waals surface area contributed by atoms with Gasteiger partial charge in [0.1, 0.15) is 11.8 Å². The summed E-state index contributed by atoms with van der Waals surface area (Å²) in [5.41, 5.74) is 1.09. The van der Waals surface area contributed by atoms with Gasteiger partial charge in [-0.2, -0.15) is 5.26 Å². The normalized spacial score (nSPS) is 11.8. The van der Waals surface area contributed by atoms with E-state index < -0.39 is 0 Å². The fourth-order valence-corrected chi connectivity index (χ4v) is 3.09. The molecule has 0 fully saturated rings. The van der Waals surface area contributed by atoms with Gasteiger partial charge in [-0.15, -0.1) is 11.3 Å². The van der Waals surface area contributed by atoms with Crippen LogP contribution in [0.15, 0.2) is 41.8 Å². The zero-order valence-electron chi connectivity index (χ0n) is 12.2. The number of rotatable bonds is 8. The van der Waals surface area contributed by atoms with Gasteiger partial charge in [0.05, 0.1) is 0 Å². The van der Waals surface area contributed by atoms with Crippen LogP contribution in [0.5, 0.6) is 5.75 Å². The molecule has 0 bridgehead atoms. The minimum Gasteiger partial charge on any atom is -0.478 e. The maximum Gasteiger partial charge on any atom is 0.174 e. The summed E-state index contributed by atoms with van der Waals surface area (Å²) in [5.74, 6) is 0.785. The van der Waals surface area contributed by atoms with Crippen molar-refractivity contribution in [3.63, 3.8) is 0 Å². The quantitative estimate of drug-likeness (QED) is 0.791. The highest BCUT2D eigenvalue weighted by Crippen LogP contribution is 2.25. The molecule has 0 radical (unpaired) electrons. The summed E-state index contributed by atoms with van der Waals surface area (Å²) in [7, 11) is 0. The van der Waals surface area contributed by atoms with Crippen molar-refractivity contribution >= 4 is 11.3 Å². The number of para-hydroxylation sites is 1. The van der Waals surface area contributed by atoms with Crippen LogP contribution < -0.4 is 10.1 Å². The summed E-state index contributed by atoms with van der Waals surface area (Å²) in [5, 5.41) is 14.4. The van der Waals surface area contributed by atoms with Gasteiger partial charge < -0.3 is 10.1 Å². The highest BCUT2D eigenvalue weighted by atomic mass is 32.1. The first-order chi connectivity index (χ1) is 10.3. The first kappa shape index (κ1) is 15.6. The second kappa shape index (κ2) is 8.46.